The Bertz CT molecular complexity index is 1390. The van der Waals surface area contributed by atoms with Crippen molar-refractivity contribution < 1.29 is 19.1 Å². The molecule has 1 heterocycles. The van der Waals surface area contributed by atoms with Gasteiger partial charge in [0.2, 0.25) is 0 Å². The quantitative estimate of drug-likeness (QED) is 0.229. The molecule has 7 heteroatoms. The highest BCUT2D eigenvalue weighted by atomic mass is 32.1. The van der Waals surface area contributed by atoms with Crippen molar-refractivity contribution in [2.24, 2.45) is 4.99 Å². The van der Waals surface area contributed by atoms with Crippen LogP contribution in [0.2, 0.25) is 0 Å². The van der Waals surface area contributed by atoms with Crippen LogP contribution in [0.4, 0.5) is 0 Å². The Hall–Kier alpha value is -3.45. The third-order valence-electron chi connectivity index (χ3n) is 5.46. The van der Waals surface area contributed by atoms with E-state index in [2.05, 4.69) is 11.9 Å². The molecule has 176 valence electrons. The lowest BCUT2D eigenvalue weighted by atomic mass is 10.1. The zero-order valence-electron chi connectivity index (χ0n) is 19.5. The van der Waals surface area contributed by atoms with Gasteiger partial charge in [-0.15, -0.1) is 0 Å². The molecule has 1 amide bonds. The van der Waals surface area contributed by atoms with Crippen LogP contribution in [-0.2, 0) is 16.1 Å². The Morgan fingerprint density at radius 2 is 1.85 bits per heavy atom. The molecule has 0 saturated heterocycles. The Morgan fingerprint density at radius 1 is 1.00 bits per heavy atom. The van der Waals surface area contributed by atoms with Gasteiger partial charge in [0.25, 0.3) is 5.91 Å². The van der Waals surface area contributed by atoms with Crippen molar-refractivity contribution in [2.45, 2.75) is 39.7 Å². The molecule has 0 atom stereocenters. The molecular formula is C27H28N2O4S. The second-order valence-corrected chi connectivity index (χ2v) is 8.89. The smallest absolute Gasteiger partial charge is 0.326 e. The molecule has 0 aliphatic carbocycles. The fourth-order valence-electron chi connectivity index (χ4n) is 3.78. The number of aromatic nitrogens is 1. The van der Waals surface area contributed by atoms with Crippen molar-refractivity contribution in [2.75, 3.05) is 13.2 Å². The molecule has 6 nitrogen and oxygen atoms in total. The van der Waals surface area contributed by atoms with E-state index in [1.807, 2.05) is 42.5 Å². The summed E-state index contributed by atoms with van der Waals surface area (Å²) in [6.45, 7) is 4.81. The normalized spacial score (nSPS) is 11.8. The van der Waals surface area contributed by atoms with Crippen molar-refractivity contribution in [1.82, 2.24) is 4.57 Å². The van der Waals surface area contributed by atoms with Gasteiger partial charge in [0.1, 0.15) is 12.3 Å². The molecule has 0 aliphatic heterocycles. The predicted molar refractivity (Wildman–Crippen MR) is 135 cm³/mol. The highest BCUT2D eigenvalue weighted by Gasteiger charge is 2.15. The van der Waals surface area contributed by atoms with Crippen LogP contribution in [0, 0.1) is 0 Å². The van der Waals surface area contributed by atoms with Gasteiger partial charge in [0.05, 0.1) is 23.4 Å². The van der Waals surface area contributed by atoms with Crippen molar-refractivity contribution in [1.29, 1.82) is 0 Å². The van der Waals surface area contributed by atoms with Crippen LogP contribution < -0.4 is 9.54 Å². The van der Waals surface area contributed by atoms with Gasteiger partial charge in [0, 0.05) is 10.9 Å². The molecule has 0 N–H and O–H groups in total. The van der Waals surface area contributed by atoms with Crippen molar-refractivity contribution in [3.8, 4) is 5.75 Å². The number of unbranched alkanes of at least 4 members (excludes halogenated alkanes) is 2. The Labute approximate surface area is 202 Å². The van der Waals surface area contributed by atoms with Crippen molar-refractivity contribution in [3.63, 3.8) is 0 Å². The number of thiazole rings is 1. The zero-order valence-corrected chi connectivity index (χ0v) is 20.3. The topological polar surface area (TPSA) is 69.9 Å². The summed E-state index contributed by atoms with van der Waals surface area (Å²) in [5, 5.41) is 2.14. The molecule has 0 radical (unpaired) electrons. The number of carbonyl (C=O) groups excluding carboxylic acids is 2. The molecule has 0 bridgehead atoms. The highest BCUT2D eigenvalue weighted by molar-refractivity contribution is 7.17. The molecule has 0 saturated carbocycles. The molecule has 0 fully saturated rings. The summed E-state index contributed by atoms with van der Waals surface area (Å²) in [6.07, 6.45) is 3.20. The SMILES string of the molecule is CCCCCOc1cccc(C(=O)N=c2sc3c4ccccc4ccc3n2CC(=O)OCC)c1. The fourth-order valence-corrected chi connectivity index (χ4v) is 4.95. The van der Waals surface area contributed by atoms with E-state index in [1.165, 1.54) is 11.3 Å². The largest absolute Gasteiger partial charge is 0.494 e. The van der Waals surface area contributed by atoms with Crippen LogP contribution in [0.5, 0.6) is 5.75 Å². The van der Waals surface area contributed by atoms with Crippen LogP contribution >= 0.6 is 11.3 Å². The molecule has 0 unspecified atom stereocenters. The lowest BCUT2D eigenvalue weighted by Gasteiger charge is -2.07. The van der Waals surface area contributed by atoms with E-state index >= 15 is 0 Å². The maximum absolute atomic E-state index is 13.1. The Morgan fingerprint density at radius 3 is 2.68 bits per heavy atom. The van der Waals surface area contributed by atoms with E-state index in [4.69, 9.17) is 9.47 Å². The maximum Gasteiger partial charge on any atom is 0.326 e. The lowest BCUT2D eigenvalue weighted by molar-refractivity contribution is -0.143. The van der Waals surface area contributed by atoms with E-state index < -0.39 is 0 Å². The number of benzene rings is 3. The predicted octanol–water partition coefficient (Wildman–Crippen LogP) is 5.73. The molecule has 4 aromatic rings. The number of rotatable bonds is 9. The monoisotopic (exact) mass is 476 g/mol. The minimum absolute atomic E-state index is 0.0150. The molecule has 1 aromatic heterocycles. The number of fused-ring (bicyclic) bond motifs is 3. The highest BCUT2D eigenvalue weighted by Crippen LogP contribution is 2.28. The number of esters is 1. The number of nitrogens with zero attached hydrogens (tertiary/aromatic N) is 2. The fraction of sp³-hybridized carbons (Fsp3) is 0.296. The molecule has 0 aliphatic rings. The molecule has 34 heavy (non-hydrogen) atoms. The molecule has 3 aromatic carbocycles. The van der Waals surface area contributed by atoms with Crippen molar-refractivity contribution in [3.05, 3.63) is 71.0 Å². The van der Waals surface area contributed by atoms with Gasteiger partial charge in [0.15, 0.2) is 4.80 Å². The van der Waals surface area contributed by atoms with Gasteiger partial charge in [-0.3, -0.25) is 9.59 Å². The Kier molecular flexibility index (Phi) is 7.75. The Balaban J connectivity index is 1.73. The van der Waals surface area contributed by atoms with E-state index in [-0.39, 0.29) is 18.4 Å². The standard InChI is InChI=1S/C27H28N2O4S/c1-3-5-8-16-33-21-12-9-11-20(17-21)26(31)28-27-29(18-24(30)32-4-2)23-15-14-19-10-6-7-13-22(19)25(23)34-27/h6-7,9-15,17H,3-5,8,16,18H2,1-2H3. The van der Waals surface area contributed by atoms with Gasteiger partial charge in [-0.05, 0) is 43.0 Å². The lowest BCUT2D eigenvalue weighted by Crippen LogP contribution is -2.23. The first-order chi connectivity index (χ1) is 16.6. The summed E-state index contributed by atoms with van der Waals surface area (Å²) in [5.41, 5.74) is 1.29. The summed E-state index contributed by atoms with van der Waals surface area (Å²) in [7, 11) is 0. The van der Waals surface area contributed by atoms with Crippen LogP contribution in [0.15, 0.2) is 65.7 Å². The number of amides is 1. The summed E-state index contributed by atoms with van der Waals surface area (Å²) in [6, 6.07) is 19.1. The van der Waals surface area contributed by atoms with Crippen LogP contribution in [0.3, 0.4) is 0 Å². The van der Waals surface area contributed by atoms with Crippen LogP contribution in [-0.4, -0.2) is 29.7 Å². The first kappa shape index (κ1) is 23.7. The minimum Gasteiger partial charge on any atom is -0.494 e. The second-order valence-electron chi connectivity index (χ2n) is 7.91. The van der Waals surface area contributed by atoms with Gasteiger partial charge < -0.3 is 14.0 Å². The number of ether oxygens (including phenoxy) is 2. The number of hydrogen-bond acceptors (Lipinski definition) is 5. The first-order valence-electron chi connectivity index (χ1n) is 11.6. The van der Waals surface area contributed by atoms with Gasteiger partial charge in [-0.1, -0.05) is 67.5 Å². The van der Waals surface area contributed by atoms with Gasteiger partial charge in [-0.2, -0.15) is 4.99 Å². The number of hydrogen-bond donors (Lipinski definition) is 0. The number of carbonyl (C=O) groups is 2. The van der Waals surface area contributed by atoms with Crippen LogP contribution in [0.25, 0.3) is 21.0 Å². The molecular weight excluding hydrogens is 448 g/mol. The third kappa shape index (κ3) is 5.37. The second kappa shape index (κ2) is 11.1. The van der Waals surface area contributed by atoms with Crippen molar-refractivity contribution >= 4 is 44.2 Å². The summed E-state index contributed by atoms with van der Waals surface area (Å²) < 4.78 is 13.7. The molecule has 0 spiro atoms. The first-order valence-corrected chi connectivity index (χ1v) is 12.4. The van der Waals surface area contributed by atoms with E-state index in [0.29, 0.717) is 29.3 Å². The summed E-state index contributed by atoms with van der Waals surface area (Å²) in [4.78, 5) is 30.3. The van der Waals surface area contributed by atoms with E-state index in [9.17, 15) is 9.59 Å². The maximum atomic E-state index is 13.1. The minimum atomic E-state index is -0.382. The average Bonchev–Trinajstić information content (AvgIpc) is 3.19. The average molecular weight is 477 g/mol. The van der Waals surface area contributed by atoms with E-state index in [1.54, 1.807) is 29.7 Å². The molecule has 4 rings (SSSR count). The van der Waals surface area contributed by atoms with E-state index in [0.717, 1.165) is 40.3 Å². The zero-order chi connectivity index (χ0) is 23.9. The van der Waals surface area contributed by atoms with Gasteiger partial charge >= 0.3 is 5.97 Å². The van der Waals surface area contributed by atoms with Crippen LogP contribution in [0.1, 0.15) is 43.5 Å². The summed E-state index contributed by atoms with van der Waals surface area (Å²) in [5.74, 6) is -0.0990. The van der Waals surface area contributed by atoms with Gasteiger partial charge in [-0.25, -0.2) is 0 Å². The third-order valence-corrected chi connectivity index (χ3v) is 6.59. The summed E-state index contributed by atoms with van der Waals surface area (Å²) >= 11 is 1.40.